The Labute approximate surface area is 389 Å². The van der Waals surface area contributed by atoms with Crippen molar-refractivity contribution in [2.45, 2.75) is 256 Å². The first-order valence-corrected chi connectivity index (χ1v) is 27.2. The first-order valence-electron chi connectivity index (χ1n) is 25.5. The second kappa shape index (κ2) is 41.1. The predicted molar refractivity (Wildman–Crippen MR) is 256 cm³/mol. The molecule has 1 fully saturated rings. The summed E-state index contributed by atoms with van der Waals surface area (Å²) >= 11 is 0. The van der Waals surface area contributed by atoms with Crippen LogP contribution in [0.25, 0.3) is 0 Å². The average Bonchev–Trinajstić information content (AvgIpc) is 3.26. The van der Waals surface area contributed by atoms with E-state index in [1.54, 1.807) is 0 Å². The summed E-state index contributed by atoms with van der Waals surface area (Å²) in [7, 11) is -4.61. The number of unbranched alkanes of at least 4 members (excludes halogenated alkanes) is 25. The zero-order chi connectivity index (χ0) is 46.9. The lowest BCUT2D eigenvalue weighted by Crippen LogP contribution is -2.60. The van der Waals surface area contributed by atoms with Gasteiger partial charge in [-0.15, -0.1) is 0 Å². The van der Waals surface area contributed by atoms with Gasteiger partial charge in [0.2, 0.25) is 0 Å². The molecule has 13 heteroatoms. The van der Waals surface area contributed by atoms with Crippen molar-refractivity contribution in [3.05, 3.63) is 36.5 Å². The van der Waals surface area contributed by atoms with E-state index in [0.717, 1.165) is 64.2 Å². The second-order valence-corrected chi connectivity index (χ2v) is 19.3. The van der Waals surface area contributed by atoms with Crippen LogP contribution in [0, 0.1) is 0 Å². The number of ether oxygens (including phenoxy) is 4. The minimum atomic E-state index is -4.61. The lowest BCUT2D eigenvalue weighted by molar-refractivity contribution is -0.297. The molecule has 0 saturated carbocycles. The number of hydrogen-bond acceptors (Lipinski definition) is 11. The molecule has 0 aromatic carbocycles. The van der Waals surface area contributed by atoms with Gasteiger partial charge in [-0.1, -0.05) is 192 Å². The number of esters is 2. The molecule has 64 heavy (non-hydrogen) atoms. The van der Waals surface area contributed by atoms with Gasteiger partial charge in [-0.25, -0.2) is 0 Å². The standard InChI is InChI=1S/C51H92O12S/c1-3-5-7-9-11-13-15-17-19-21-22-24-26-28-30-32-34-36-38-40-47(53)62-44(42-61-51-50(56)49(55)48(54)45(63-51)43-64(57,58)59)41-60-46(52)39-37-35-33-31-29-27-25-23-20-18-16-14-12-10-8-6-4-2/h12,14,18,20,25,27,44-45,48-51,54-56H,3-11,13,15-17,19,21-24,26,28-43H2,1-2H3,(H,57,58,59)/b14-12+,20-18+,27-25+/t44-,45-,48-,49?,50?,51+/m1/s1. The first kappa shape index (κ1) is 59.9. The summed E-state index contributed by atoms with van der Waals surface area (Å²) in [6.45, 7) is 3.74. The fourth-order valence-corrected chi connectivity index (χ4v) is 8.43. The number of hydrogen-bond donors (Lipinski definition) is 4. The summed E-state index contributed by atoms with van der Waals surface area (Å²) in [5.74, 6) is -2.00. The molecule has 0 aliphatic carbocycles. The monoisotopic (exact) mass is 929 g/mol. The van der Waals surface area contributed by atoms with Crippen LogP contribution in [0.15, 0.2) is 36.5 Å². The van der Waals surface area contributed by atoms with Crippen LogP contribution < -0.4 is 0 Å². The number of carbonyl (C=O) groups excluding carboxylic acids is 2. The summed E-state index contributed by atoms with van der Waals surface area (Å²) < 4.78 is 54.2. The van der Waals surface area contributed by atoms with E-state index < -0.39 is 71.2 Å². The Morgan fingerprint density at radius 2 is 0.938 bits per heavy atom. The second-order valence-electron chi connectivity index (χ2n) is 17.8. The third-order valence-corrected chi connectivity index (χ3v) is 12.5. The van der Waals surface area contributed by atoms with E-state index in [1.165, 1.54) is 116 Å². The van der Waals surface area contributed by atoms with Gasteiger partial charge in [0.25, 0.3) is 10.1 Å². The molecule has 6 atom stereocenters. The van der Waals surface area contributed by atoms with E-state index in [4.69, 9.17) is 18.9 Å². The number of aliphatic hydroxyl groups excluding tert-OH is 3. The van der Waals surface area contributed by atoms with Gasteiger partial charge in [-0.2, -0.15) is 8.42 Å². The SMILES string of the molecule is CCCCC/C=C/C/C=C/C/C=C/CCCCCCC(=O)OC[C@H](CO[C@H]1O[C@H](CS(=O)(=O)O)[C@@H](O)C(O)C1O)OC(=O)CCCCCCCCCCCCCCCCCCCCC. The fraction of sp³-hybridized carbons (Fsp3) is 0.843. The van der Waals surface area contributed by atoms with Crippen LogP contribution in [0.4, 0.5) is 0 Å². The Kier molecular flexibility index (Phi) is 38.4. The quantitative estimate of drug-likeness (QED) is 0.0196. The molecule has 12 nitrogen and oxygen atoms in total. The Bertz CT molecular complexity index is 1320. The zero-order valence-electron chi connectivity index (χ0n) is 40.1. The Morgan fingerprint density at radius 3 is 1.42 bits per heavy atom. The minimum absolute atomic E-state index is 0.163. The van der Waals surface area contributed by atoms with Gasteiger partial charge in [0.1, 0.15) is 36.8 Å². The van der Waals surface area contributed by atoms with E-state index in [-0.39, 0.29) is 19.4 Å². The zero-order valence-corrected chi connectivity index (χ0v) is 41.0. The first-order chi connectivity index (χ1) is 31.0. The van der Waals surface area contributed by atoms with Crippen molar-refractivity contribution >= 4 is 22.1 Å². The number of carbonyl (C=O) groups is 2. The molecule has 1 aliphatic rings. The highest BCUT2D eigenvalue weighted by atomic mass is 32.2. The lowest BCUT2D eigenvalue weighted by Gasteiger charge is -2.40. The van der Waals surface area contributed by atoms with Crippen LogP contribution in [0.2, 0.25) is 0 Å². The fourth-order valence-electron chi connectivity index (χ4n) is 7.74. The summed E-state index contributed by atoms with van der Waals surface area (Å²) in [5.41, 5.74) is 0. The van der Waals surface area contributed by atoms with Crippen molar-refractivity contribution in [2.75, 3.05) is 19.0 Å². The molecule has 1 saturated heterocycles. The van der Waals surface area contributed by atoms with Gasteiger partial charge in [-0.05, 0) is 51.4 Å². The van der Waals surface area contributed by atoms with Crippen LogP contribution in [0.1, 0.15) is 219 Å². The van der Waals surface area contributed by atoms with E-state index >= 15 is 0 Å². The molecule has 1 rings (SSSR count). The molecule has 0 amide bonds. The summed E-state index contributed by atoms with van der Waals surface area (Å²) in [5, 5.41) is 31.0. The van der Waals surface area contributed by atoms with Crippen molar-refractivity contribution in [1.82, 2.24) is 0 Å². The molecule has 0 bridgehead atoms. The molecule has 2 unspecified atom stereocenters. The maximum absolute atomic E-state index is 12.9. The van der Waals surface area contributed by atoms with Crippen LogP contribution in [0.5, 0.6) is 0 Å². The van der Waals surface area contributed by atoms with E-state index in [0.29, 0.717) is 12.8 Å². The van der Waals surface area contributed by atoms with Crippen LogP contribution in [-0.4, -0.2) is 96.0 Å². The van der Waals surface area contributed by atoms with Crippen molar-refractivity contribution < 1.29 is 56.8 Å². The molecule has 0 aromatic rings. The van der Waals surface area contributed by atoms with Gasteiger partial charge >= 0.3 is 11.9 Å². The maximum Gasteiger partial charge on any atom is 0.306 e. The maximum atomic E-state index is 12.9. The predicted octanol–water partition coefficient (Wildman–Crippen LogP) is 11.3. The topological polar surface area (TPSA) is 186 Å². The van der Waals surface area contributed by atoms with Gasteiger partial charge < -0.3 is 34.3 Å². The number of allylic oxidation sites excluding steroid dienone is 6. The van der Waals surface area contributed by atoms with E-state index in [1.807, 2.05) is 0 Å². The third kappa shape index (κ3) is 35.1. The van der Waals surface area contributed by atoms with Gasteiger partial charge in [-0.3, -0.25) is 14.1 Å². The minimum Gasteiger partial charge on any atom is -0.462 e. The highest BCUT2D eigenvalue weighted by Crippen LogP contribution is 2.24. The third-order valence-electron chi connectivity index (χ3n) is 11.7. The molecule has 4 N–H and O–H groups in total. The Hall–Kier alpha value is -2.13. The summed E-state index contributed by atoms with van der Waals surface area (Å²) in [6.07, 6.45) is 38.9. The van der Waals surface area contributed by atoms with Crippen LogP contribution >= 0.6 is 0 Å². The highest BCUT2D eigenvalue weighted by Gasteiger charge is 2.46. The van der Waals surface area contributed by atoms with Crippen molar-refractivity contribution in [3.63, 3.8) is 0 Å². The molecule has 0 radical (unpaired) electrons. The van der Waals surface area contributed by atoms with Gasteiger partial charge in [0, 0.05) is 12.8 Å². The molecule has 374 valence electrons. The molecule has 1 aliphatic heterocycles. The van der Waals surface area contributed by atoms with Gasteiger partial charge in [0.05, 0.1) is 6.61 Å². The normalized spacial score (nSPS) is 19.9. The van der Waals surface area contributed by atoms with Crippen molar-refractivity contribution in [1.29, 1.82) is 0 Å². The average molecular weight is 929 g/mol. The van der Waals surface area contributed by atoms with Crippen LogP contribution in [0.3, 0.4) is 0 Å². The summed E-state index contributed by atoms with van der Waals surface area (Å²) in [4.78, 5) is 25.5. The Morgan fingerprint density at radius 1 is 0.531 bits per heavy atom. The lowest BCUT2D eigenvalue weighted by atomic mass is 10.00. The Balaban J connectivity index is 2.39. The smallest absolute Gasteiger partial charge is 0.306 e. The van der Waals surface area contributed by atoms with Crippen molar-refractivity contribution in [2.24, 2.45) is 0 Å². The molecular formula is C51H92O12S. The number of rotatable bonds is 43. The molecule has 0 aromatic heterocycles. The largest absolute Gasteiger partial charge is 0.462 e. The van der Waals surface area contributed by atoms with Crippen LogP contribution in [-0.2, 0) is 38.7 Å². The van der Waals surface area contributed by atoms with Gasteiger partial charge in [0.15, 0.2) is 12.4 Å². The number of aliphatic hydroxyl groups is 3. The molecular weight excluding hydrogens is 837 g/mol. The molecule has 1 heterocycles. The van der Waals surface area contributed by atoms with Crippen molar-refractivity contribution in [3.8, 4) is 0 Å². The molecule has 0 spiro atoms. The summed E-state index contributed by atoms with van der Waals surface area (Å²) in [6, 6.07) is 0. The van der Waals surface area contributed by atoms with E-state index in [9.17, 15) is 37.9 Å². The van der Waals surface area contributed by atoms with E-state index in [2.05, 4.69) is 50.3 Å². The highest BCUT2D eigenvalue weighted by molar-refractivity contribution is 7.85.